The number of hydrogen-bond donors (Lipinski definition) is 2. The molecule has 2 amide bonds. The van der Waals surface area contributed by atoms with Crippen molar-refractivity contribution in [2.24, 2.45) is 5.73 Å². The average molecular weight is 484 g/mol. The van der Waals surface area contributed by atoms with Gasteiger partial charge in [0.2, 0.25) is 17.6 Å². The number of benzene rings is 1. The maximum atomic E-state index is 13.5. The van der Waals surface area contributed by atoms with Crippen LogP contribution in [-0.2, 0) is 17.6 Å². The maximum absolute atomic E-state index is 13.5. The zero-order valence-electron chi connectivity index (χ0n) is 18.7. The summed E-state index contributed by atoms with van der Waals surface area (Å²) < 4.78 is 19.0. The number of carbonyl (C=O) groups excluding carboxylic acids is 2. The second-order valence-corrected chi connectivity index (χ2v) is 9.97. The van der Waals surface area contributed by atoms with E-state index >= 15 is 0 Å². The van der Waals surface area contributed by atoms with E-state index in [-0.39, 0.29) is 24.2 Å². The average Bonchev–Trinajstić information content (AvgIpc) is 3.44. The van der Waals surface area contributed by atoms with Crippen molar-refractivity contribution in [3.05, 3.63) is 52.0 Å². The molecule has 1 aliphatic carbocycles. The number of primary amides is 1. The lowest BCUT2D eigenvalue weighted by atomic mass is 9.95. The molecule has 1 fully saturated rings. The predicted octanol–water partition coefficient (Wildman–Crippen LogP) is 3.73. The van der Waals surface area contributed by atoms with Crippen molar-refractivity contribution in [2.75, 3.05) is 25.0 Å². The first-order chi connectivity index (χ1) is 16.5. The fourth-order valence-corrected chi connectivity index (χ4v) is 6.14. The number of nitrogens with one attached hydrogen (secondary N) is 1. The third kappa shape index (κ3) is 4.74. The summed E-state index contributed by atoms with van der Waals surface area (Å²) in [6, 6.07) is 6.08. The van der Waals surface area contributed by atoms with Crippen LogP contribution in [0.25, 0.3) is 11.4 Å². The minimum atomic E-state index is -0.488. The van der Waals surface area contributed by atoms with Crippen LogP contribution in [0.1, 0.15) is 58.3 Å². The van der Waals surface area contributed by atoms with E-state index in [9.17, 15) is 14.0 Å². The molecule has 1 aromatic carbocycles. The Hall–Kier alpha value is -3.11. The number of thiophene rings is 1. The Kier molecular flexibility index (Phi) is 6.42. The van der Waals surface area contributed by atoms with Gasteiger partial charge in [-0.2, -0.15) is 4.98 Å². The molecule has 3 N–H and O–H groups in total. The van der Waals surface area contributed by atoms with Gasteiger partial charge >= 0.3 is 0 Å². The van der Waals surface area contributed by atoms with Gasteiger partial charge in [-0.15, -0.1) is 11.3 Å². The van der Waals surface area contributed by atoms with E-state index in [1.807, 2.05) is 4.90 Å². The Morgan fingerprint density at radius 1 is 1.26 bits per heavy atom. The Morgan fingerprint density at radius 3 is 2.94 bits per heavy atom. The summed E-state index contributed by atoms with van der Waals surface area (Å²) >= 11 is 1.47. The minimum Gasteiger partial charge on any atom is -0.365 e. The molecule has 8 nitrogen and oxygen atoms in total. The van der Waals surface area contributed by atoms with Crippen LogP contribution in [0.3, 0.4) is 0 Å². The smallest absolute Gasteiger partial charge is 0.251 e. The summed E-state index contributed by atoms with van der Waals surface area (Å²) in [7, 11) is 0. The van der Waals surface area contributed by atoms with E-state index in [0.717, 1.165) is 55.5 Å². The summed E-state index contributed by atoms with van der Waals surface area (Å²) in [6.45, 7) is 1.57. The SMILES string of the molecule is NC(=O)c1c(NC(=O)CN2CCCC(c3nc(-c4cccc(F)c4)no3)C2)sc2c1CCCC2. The van der Waals surface area contributed by atoms with Gasteiger partial charge in [0, 0.05) is 17.0 Å². The Bertz CT molecular complexity index is 1220. The number of carbonyl (C=O) groups is 2. The first kappa shape index (κ1) is 22.7. The molecule has 1 atom stereocenters. The molecule has 3 aromatic rings. The molecular formula is C24H26FN5O3S. The van der Waals surface area contributed by atoms with E-state index in [1.54, 1.807) is 12.1 Å². The highest BCUT2D eigenvalue weighted by atomic mass is 32.1. The molecule has 2 aliphatic rings. The van der Waals surface area contributed by atoms with Crippen molar-refractivity contribution in [2.45, 2.75) is 44.4 Å². The fraction of sp³-hybridized carbons (Fsp3) is 0.417. The largest absolute Gasteiger partial charge is 0.365 e. The van der Waals surface area contributed by atoms with Crippen molar-refractivity contribution >= 4 is 28.2 Å². The molecule has 178 valence electrons. The zero-order valence-corrected chi connectivity index (χ0v) is 19.5. The Balaban J connectivity index is 1.24. The summed E-state index contributed by atoms with van der Waals surface area (Å²) in [5.41, 5.74) is 7.68. The van der Waals surface area contributed by atoms with Crippen LogP contribution in [0, 0.1) is 5.82 Å². The van der Waals surface area contributed by atoms with E-state index in [0.29, 0.717) is 34.4 Å². The zero-order chi connectivity index (χ0) is 23.7. The molecule has 0 bridgehead atoms. The Morgan fingerprint density at radius 2 is 2.12 bits per heavy atom. The number of aromatic nitrogens is 2. The fourth-order valence-electron chi connectivity index (χ4n) is 4.83. The number of nitrogens with two attached hydrogens (primary N) is 1. The molecule has 1 unspecified atom stereocenters. The summed E-state index contributed by atoms with van der Waals surface area (Å²) in [5.74, 6) is -0.182. The lowest BCUT2D eigenvalue weighted by molar-refractivity contribution is -0.117. The maximum Gasteiger partial charge on any atom is 0.251 e. The number of rotatable bonds is 6. The van der Waals surface area contributed by atoms with Crippen molar-refractivity contribution < 1.29 is 18.5 Å². The van der Waals surface area contributed by atoms with Crippen molar-refractivity contribution in [1.29, 1.82) is 0 Å². The number of hydrogen-bond acceptors (Lipinski definition) is 7. The van der Waals surface area contributed by atoms with Gasteiger partial charge in [-0.3, -0.25) is 14.5 Å². The van der Waals surface area contributed by atoms with Crippen LogP contribution in [0.4, 0.5) is 9.39 Å². The highest BCUT2D eigenvalue weighted by molar-refractivity contribution is 7.17. The molecule has 0 spiro atoms. The third-order valence-corrected chi connectivity index (χ3v) is 7.62. The number of fused-ring (bicyclic) bond motifs is 1. The van der Waals surface area contributed by atoms with Crippen LogP contribution in [-0.4, -0.2) is 46.5 Å². The topological polar surface area (TPSA) is 114 Å². The van der Waals surface area contributed by atoms with Crippen molar-refractivity contribution in [3.63, 3.8) is 0 Å². The van der Waals surface area contributed by atoms with Gasteiger partial charge in [-0.1, -0.05) is 17.3 Å². The van der Waals surface area contributed by atoms with Crippen LogP contribution < -0.4 is 11.1 Å². The number of piperidine rings is 1. The van der Waals surface area contributed by atoms with Crippen LogP contribution in [0.2, 0.25) is 0 Å². The highest BCUT2D eigenvalue weighted by Gasteiger charge is 2.29. The number of nitrogens with zero attached hydrogens (tertiary/aromatic N) is 3. The van der Waals surface area contributed by atoms with Gasteiger partial charge in [0.15, 0.2) is 0 Å². The van der Waals surface area contributed by atoms with Gasteiger partial charge in [0.1, 0.15) is 10.8 Å². The van der Waals surface area contributed by atoms with Crippen LogP contribution in [0.5, 0.6) is 0 Å². The summed E-state index contributed by atoms with van der Waals surface area (Å²) in [5, 5.41) is 7.51. The standard InChI is InChI=1S/C24H26FN5O3S/c25-16-7-3-5-14(11-16)22-28-23(33-29-22)15-6-4-10-30(12-15)13-19(31)27-24-20(21(26)32)17-8-1-2-9-18(17)34-24/h3,5,7,11,15H,1-2,4,6,8-10,12-13H2,(H2,26,32)(H,27,31). The summed E-state index contributed by atoms with van der Waals surface area (Å²) in [4.78, 5) is 32.6. The number of anilines is 1. The first-order valence-electron chi connectivity index (χ1n) is 11.5. The number of amides is 2. The highest BCUT2D eigenvalue weighted by Crippen LogP contribution is 2.38. The number of likely N-dealkylation sites (tertiary alicyclic amines) is 1. The first-order valence-corrected chi connectivity index (χ1v) is 12.4. The minimum absolute atomic E-state index is 0.00779. The molecule has 5 rings (SSSR count). The van der Waals surface area contributed by atoms with Crippen LogP contribution >= 0.6 is 11.3 Å². The molecule has 10 heteroatoms. The second-order valence-electron chi connectivity index (χ2n) is 8.87. The van der Waals surface area contributed by atoms with E-state index in [4.69, 9.17) is 10.3 Å². The van der Waals surface area contributed by atoms with Gasteiger partial charge in [0.05, 0.1) is 18.0 Å². The summed E-state index contributed by atoms with van der Waals surface area (Å²) in [6.07, 6.45) is 5.62. The molecule has 1 saturated heterocycles. The molecule has 3 heterocycles. The predicted molar refractivity (Wildman–Crippen MR) is 126 cm³/mol. The second kappa shape index (κ2) is 9.63. The molecule has 0 saturated carbocycles. The normalized spacial score (nSPS) is 18.4. The van der Waals surface area contributed by atoms with Gasteiger partial charge in [-0.25, -0.2) is 4.39 Å². The number of aryl methyl sites for hydroxylation is 1. The quantitative estimate of drug-likeness (QED) is 0.552. The van der Waals surface area contributed by atoms with E-state index in [1.165, 1.54) is 23.5 Å². The number of halogens is 1. The lowest BCUT2D eigenvalue weighted by Gasteiger charge is -2.30. The van der Waals surface area contributed by atoms with Gasteiger partial charge in [0.25, 0.3) is 5.91 Å². The molecule has 34 heavy (non-hydrogen) atoms. The van der Waals surface area contributed by atoms with Crippen molar-refractivity contribution in [3.8, 4) is 11.4 Å². The van der Waals surface area contributed by atoms with E-state index in [2.05, 4.69) is 15.5 Å². The molecule has 2 aromatic heterocycles. The van der Waals surface area contributed by atoms with Crippen molar-refractivity contribution in [1.82, 2.24) is 15.0 Å². The van der Waals surface area contributed by atoms with Crippen LogP contribution in [0.15, 0.2) is 28.8 Å². The lowest BCUT2D eigenvalue weighted by Crippen LogP contribution is -2.40. The third-order valence-electron chi connectivity index (χ3n) is 6.42. The van der Waals surface area contributed by atoms with Gasteiger partial charge in [-0.05, 0) is 62.8 Å². The molecule has 0 radical (unpaired) electrons. The Labute approximate surface area is 200 Å². The van der Waals surface area contributed by atoms with Gasteiger partial charge < -0.3 is 15.6 Å². The molecule has 1 aliphatic heterocycles. The van der Waals surface area contributed by atoms with E-state index < -0.39 is 5.91 Å². The monoisotopic (exact) mass is 483 g/mol. The molecular weight excluding hydrogens is 457 g/mol.